The lowest BCUT2D eigenvalue weighted by molar-refractivity contribution is 0.0937. The SMILES string of the molecule is Cn1nccc1C(=O)NCc1nc(Cc2cccs2)no1. The lowest BCUT2D eigenvalue weighted by Crippen LogP contribution is -2.25. The number of carbonyl (C=O) groups is 1. The number of hydrogen-bond donors (Lipinski definition) is 1. The summed E-state index contributed by atoms with van der Waals surface area (Å²) in [5, 5.41) is 12.6. The van der Waals surface area contributed by atoms with E-state index in [4.69, 9.17) is 4.52 Å². The van der Waals surface area contributed by atoms with Gasteiger partial charge in [-0.1, -0.05) is 11.2 Å². The van der Waals surface area contributed by atoms with Crippen LogP contribution in [0.25, 0.3) is 0 Å². The van der Waals surface area contributed by atoms with E-state index in [0.29, 0.717) is 23.8 Å². The van der Waals surface area contributed by atoms with Gasteiger partial charge in [-0.2, -0.15) is 10.1 Å². The number of rotatable bonds is 5. The lowest BCUT2D eigenvalue weighted by Gasteiger charge is -2.01. The summed E-state index contributed by atoms with van der Waals surface area (Å²) < 4.78 is 6.62. The molecule has 8 heteroatoms. The van der Waals surface area contributed by atoms with Crippen LogP contribution in [-0.2, 0) is 20.0 Å². The Balaban J connectivity index is 1.58. The molecule has 3 rings (SSSR count). The van der Waals surface area contributed by atoms with Crippen LogP contribution >= 0.6 is 11.3 Å². The lowest BCUT2D eigenvalue weighted by atomic mass is 10.3. The fraction of sp³-hybridized carbons (Fsp3) is 0.231. The van der Waals surface area contributed by atoms with E-state index in [9.17, 15) is 4.79 Å². The third-order valence-electron chi connectivity index (χ3n) is 2.88. The minimum absolute atomic E-state index is 0.196. The van der Waals surface area contributed by atoms with Crippen LogP contribution in [0.3, 0.4) is 0 Å². The first-order valence-electron chi connectivity index (χ1n) is 6.32. The first-order chi connectivity index (χ1) is 10.2. The Morgan fingerprint density at radius 1 is 1.48 bits per heavy atom. The van der Waals surface area contributed by atoms with Gasteiger partial charge in [-0.3, -0.25) is 9.48 Å². The molecule has 0 aliphatic carbocycles. The van der Waals surface area contributed by atoms with Gasteiger partial charge in [0.25, 0.3) is 5.91 Å². The molecule has 0 unspecified atom stereocenters. The summed E-state index contributed by atoms with van der Waals surface area (Å²) in [5.41, 5.74) is 0.480. The molecule has 1 N–H and O–H groups in total. The third kappa shape index (κ3) is 3.16. The van der Waals surface area contributed by atoms with E-state index in [1.54, 1.807) is 30.6 Å². The van der Waals surface area contributed by atoms with Crippen LogP contribution in [-0.4, -0.2) is 25.8 Å². The minimum Gasteiger partial charge on any atom is -0.342 e. The summed E-state index contributed by atoms with van der Waals surface area (Å²) >= 11 is 1.64. The molecule has 0 saturated carbocycles. The number of hydrogen-bond acceptors (Lipinski definition) is 6. The van der Waals surface area contributed by atoms with Crippen molar-refractivity contribution >= 4 is 17.2 Å². The molecule has 3 aromatic heterocycles. The van der Waals surface area contributed by atoms with Crippen molar-refractivity contribution in [3.05, 3.63) is 52.1 Å². The highest BCUT2D eigenvalue weighted by Gasteiger charge is 2.12. The minimum atomic E-state index is -0.229. The van der Waals surface area contributed by atoms with Crippen LogP contribution in [0.4, 0.5) is 0 Å². The predicted molar refractivity (Wildman–Crippen MR) is 75.8 cm³/mol. The molecule has 0 aliphatic rings. The van der Waals surface area contributed by atoms with E-state index >= 15 is 0 Å². The second-order valence-electron chi connectivity index (χ2n) is 4.38. The number of nitrogens with zero attached hydrogens (tertiary/aromatic N) is 4. The standard InChI is InChI=1S/C13H13N5O2S/c1-18-10(4-5-15-18)13(19)14-8-12-16-11(17-20-12)7-9-3-2-6-21-9/h2-6H,7-8H2,1H3,(H,14,19). The second-order valence-corrected chi connectivity index (χ2v) is 5.42. The van der Waals surface area contributed by atoms with Gasteiger partial charge in [0.05, 0.1) is 6.54 Å². The quantitative estimate of drug-likeness (QED) is 0.769. The molecular weight excluding hydrogens is 290 g/mol. The summed E-state index contributed by atoms with van der Waals surface area (Å²) in [6, 6.07) is 5.64. The van der Waals surface area contributed by atoms with E-state index in [-0.39, 0.29) is 12.5 Å². The van der Waals surface area contributed by atoms with Gasteiger partial charge in [0.2, 0.25) is 5.89 Å². The smallest absolute Gasteiger partial charge is 0.269 e. The molecule has 0 bridgehead atoms. The number of thiophene rings is 1. The average molecular weight is 303 g/mol. The van der Waals surface area contributed by atoms with Crippen molar-refractivity contribution in [1.82, 2.24) is 25.2 Å². The molecule has 3 heterocycles. The Kier molecular flexibility index (Phi) is 3.78. The van der Waals surface area contributed by atoms with Crippen molar-refractivity contribution in [2.24, 2.45) is 7.05 Å². The number of aromatic nitrogens is 4. The Morgan fingerprint density at radius 2 is 2.38 bits per heavy atom. The number of nitrogens with one attached hydrogen (secondary N) is 1. The first kappa shape index (κ1) is 13.5. The van der Waals surface area contributed by atoms with E-state index in [0.717, 1.165) is 0 Å². The van der Waals surface area contributed by atoms with Crippen molar-refractivity contribution in [3.63, 3.8) is 0 Å². The largest absolute Gasteiger partial charge is 0.342 e. The first-order valence-corrected chi connectivity index (χ1v) is 7.20. The van der Waals surface area contributed by atoms with Gasteiger partial charge >= 0.3 is 0 Å². The van der Waals surface area contributed by atoms with E-state index in [2.05, 4.69) is 20.6 Å². The molecule has 0 aliphatic heterocycles. The van der Waals surface area contributed by atoms with Gasteiger partial charge < -0.3 is 9.84 Å². The topological polar surface area (TPSA) is 85.8 Å². The van der Waals surface area contributed by atoms with Crippen LogP contribution < -0.4 is 5.32 Å². The molecular formula is C13H13N5O2S. The predicted octanol–water partition coefficient (Wildman–Crippen LogP) is 1.39. The van der Waals surface area contributed by atoms with Crippen LogP contribution in [0, 0.1) is 0 Å². The molecule has 21 heavy (non-hydrogen) atoms. The van der Waals surface area contributed by atoms with Gasteiger partial charge in [-0.15, -0.1) is 11.3 Å². The molecule has 108 valence electrons. The Labute approximate surface area is 124 Å². The zero-order chi connectivity index (χ0) is 14.7. The third-order valence-corrected chi connectivity index (χ3v) is 3.75. The van der Waals surface area contributed by atoms with Gasteiger partial charge in [0, 0.05) is 24.5 Å². The fourth-order valence-electron chi connectivity index (χ4n) is 1.85. The van der Waals surface area contributed by atoms with Crippen LogP contribution in [0.15, 0.2) is 34.3 Å². The second kappa shape index (κ2) is 5.88. The maximum Gasteiger partial charge on any atom is 0.269 e. The molecule has 0 saturated heterocycles. The molecule has 0 fully saturated rings. The highest BCUT2D eigenvalue weighted by atomic mass is 32.1. The van der Waals surface area contributed by atoms with Crippen molar-refractivity contribution in [1.29, 1.82) is 0 Å². The zero-order valence-electron chi connectivity index (χ0n) is 11.3. The Morgan fingerprint density at radius 3 is 3.10 bits per heavy atom. The van der Waals surface area contributed by atoms with Crippen molar-refractivity contribution < 1.29 is 9.32 Å². The van der Waals surface area contributed by atoms with Gasteiger partial charge in [0.1, 0.15) is 5.69 Å². The molecule has 1 amide bonds. The molecule has 7 nitrogen and oxygen atoms in total. The summed E-state index contributed by atoms with van der Waals surface area (Å²) in [6.45, 7) is 0.196. The average Bonchev–Trinajstić information content (AvgIpc) is 3.19. The Hall–Kier alpha value is -2.48. The summed E-state index contributed by atoms with van der Waals surface area (Å²) in [4.78, 5) is 17.3. The monoisotopic (exact) mass is 303 g/mol. The van der Waals surface area contributed by atoms with Crippen molar-refractivity contribution in [3.8, 4) is 0 Å². The number of aryl methyl sites for hydroxylation is 1. The maximum atomic E-state index is 11.9. The van der Waals surface area contributed by atoms with Gasteiger partial charge in [0.15, 0.2) is 5.82 Å². The molecule has 0 radical (unpaired) electrons. The van der Waals surface area contributed by atoms with E-state index in [1.165, 1.54) is 9.56 Å². The van der Waals surface area contributed by atoms with Crippen LogP contribution in [0.1, 0.15) is 27.1 Å². The number of carbonyl (C=O) groups excluding carboxylic acids is 1. The molecule has 0 atom stereocenters. The number of amides is 1. The Bertz CT molecular complexity index is 731. The summed E-state index contributed by atoms with van der Waals surface area (Å²) in [6.07, 6.45) is 2.21. The highest BCUT2D eigenvalue weighted by molar-refractivity contribution is 7.09. The molecule has 0 aromatic carbocycles. The maximum absolute atomic E-state index is 11.9. The fourth-order valence-corrected chi connectivity index (χ4v) is 2.55. The normalized spacial score (nSPS) is 10.7. The van der Waals surface area contributed by atoms with E-state index < -0.39 is 0 Å². The van der Waals surface area contributed by atoms with Crippen molar-refractivity contribution in [2.75, 3.05) is 0 Å². The zero-order valence-corrected chi connectivity index (χ0v) is 12.1. The van der Waals surface area contributed by atoms with Gasteiger partial charge in [-0.25, -0.2) is 0 Å². The molecule has 3 aromatic rings. The summed E-state index contributed by atoms with van der Waals surface area (Å²) in [7, 11) is 1.71. The van der Waals surface area contributed by atoms with Gasteiger partial charge in [-0.05, 0) is 17.5 Å². The van der Waals surface area contributed by atoms with Crippen LogP contribution in [0.2, 0.25) is 0 Å². The molecule has 0 spiro atoms. The van der Waals surface area contributed by atoms with Crippen molar-refractivity contribution in [2.45, 2.75) is 13.0 Å². The van der Waals surface area contributed by atoms with E-state index in [1.807, 2.05) is 17.5 Å². The highest BCUT2D eigenvalue weighted by Crippen LogP contribution is 2.12. The summed E-state index contributed by atoms with van der Waals surface area (Å²) in [5.74, 6) is 0.771. The van der Waals surface area contributed by atoms with Crippen LogP contribution in [0.5, 0.6) is 0 Å².